The van der Waals surface area contributed by atoms with Gasteiger partial charge in [-0.25, -0.2) is 0 Å². The minimum absolute atomic E-state index is 0.0192. The normalized spacial score (nSPS) is 14.7. The second-order valence-electron chi connectivity index (χ2n) is 7.10. The number of carbonyl (C=O) groups excluding carboxylic acids is 1. The zero-order chi connectivity index (χ0) is 20.2. The molecule has 1 fully saturated rings. The minimum Gasteiger partial charge on any atom is -0.366 e. The van der Waals surface area contributed by atoms with Crippen molar-refractivity contribution in [2.45, 2.75) is 19.4 Å². The largest absolute Gasteiger partial charge is 0.366 e. The molecule has 8 nitrogen and oxygen atoms in total. The molecule has 0 unspecified atom stereocenters. The van der Waals surface area contributed by atoms with Crippen molar-refractivity contribution < 1.29 is 9.72 Å². The number of amides is 1. The van der Waals surface area contributed by atoms with Gasteiger partial charge in [-0.3, -0.25) is 24.9 Å². The van der Waals surface area contributed by atoms with Crippen LogP contribution in [0.15, 0.2) is 55.0 Å². The highest BCUT2D eigenvalue weighted by molar-refractivity contribution is 5.94. The summed E-state index contributed by atoms with van der Waals surface area (Å²) in [6, 6.07) is 10.8. The van der Waals surface area contributed by atoms with Gasteiger partial charge in [0.25, 0.3) is 0 Å². The number of benzene rings is 1. The molecule has 0 radical (unpaired) electrons. The third-order valence-electron chi connectivity index (χ3n) is 5.31. The number of hydrogen-bond donors (Lipinski definition) is 1. The lowest BCUT2D eigenvalue weighted by molar-refractivity contribution is -0.382. The summed E-state index contributed by atoms with van der Waals surface area (Å²) in [6.07, 6.45) is 6.36. The second-order valence-corrected chi connectivity index (χ2v) is 7.10. The topological polar surface area (TPSA) is 101 Å². The van der Waals surface area contributed by atoms with E-state index in [-0.39, 0.29) is 22.4 Å². The third kappa shape index (κ3) is 4.01. The number of hydrogen-bond acceptors (Lipinski definition) is 6. The molecule has 8 heteroatoms. The van der Waals surface area contributed by atoms with E-state index in [1.165, 1.54) is 0 Å². The van der Waals surface area contributed by atoms with Gasteiger partial charge in [0.1, 0.15) is 5.69 Å². The van der Waals surface area contributed by atoms with E-state index in [0.29, 0.717) is 49.1 Å². The number of pyridine rings is 2. The molecule has 29 heavy (non-hydrogen) atoms. The number of nitro benzene ring substituents is 1. The second kappa shape index (κ2) is 8.22. The molecule has 1 aromatic carbocycles. The molecule has 0 atom stereocenters. The van der Waals surface area contributed by atoms with Gasteiger partial charge >= 0.3 is 5.69 Å². The van der Waals surface area contributed by atoms with Crippen molar-refractivity contribution in [3.63, 3.8) is 0 Å². The average Bonchev–Trinajstić information content (AvgIpc) is 2.77. The van der Waals surface area contributed by atoms with Crippen molar-refractivity contribution in [1.82, 2.24) is 15.3 Å². The summed E-state index contributed by atoms with van der Waals surface area (Å²) in [4.78, 5) is 34.2. The monoisotopic (exact) mass is 391 g/mol. The van der Waals surface area contributed by atoms with Crippen LogP contribution < -0.4 is 10.2 Å². The standard InChI is InChI=1S/C21H21N5O3/c27-21(24-14-15-3-1-9-22-13-15)16-7-11-25(12-8-16)19-6-5-18-17(4-2-10-23-18)20(19)26(28)29/h1-6,9-10,13,16H,7-8,11-12,14H2,(H,24,27). The molecule has 0 spiro atoms. The smallest absolute Gasteiger partial charge is 0.301 e. The van der Waals surface area contributed by atoms with Crippen LogP contribution in [-0.4, -0.2) is 33.9 Å². The summed E-state index contributed by atoms with van der Waals surface area (Å²) < 4.78 is 0. The fraction of sp³-hybridized carbons (Fsp3) is 0.286. The Bertz CT molecular complexity index is 1030. The van der Waals surface area contributed by atoms with Crippen LogP contribution in [0.5, 0.6) is 0 Å². The van der Waals surface area contributed by atoms with Crippen LogP contribution in [-0.2, 0) is 11.3 Å². The maximum atomic E-state index is 12.5. The van der Waals surface area contributed by atoms with Crippen LogP contribution in [0.25, 0.3) is 10.9 Å². The van der Waals surface area contributed by atoms with E-state index in [1.807, 2.05) is 23.1 Å². The van der Waals surface area contributed by atoms with Crippen LogP contribution in [0.4, 0.5) is 11.4 Å². The van der Waals surface area contributed by atoms with Crippen LogP contribution in [0, 0.1) is 16.0 Å². The number of anilines is 1. The van der Waals surface area contributed by atoms with Gasteiger partial charge in [0.15, 0.2) is 0 Å². The molecular weight excluding hydrogens is 370 g/mol. The molecule has 3 heterocycles. The summed E-state index contributed by atoms with van der Waals surface area (Å²) in [6.45, 7) is 1.64. The lowest BCUT2D eigenvalue weighted by Crippen LogP contribution is -2.40. The first-order valence-electron chi connectivity index (χ1n) is 9.57. The van der Waals surface area contributed by atoms with E-state index < -0.39 is 0 Å². The number of fused-ring (bicyclic) bond motifs is 1. The number of nitro groups is 1. The number of rotatable bonds is 5. The van der Waals surface area contributed by atoms with Gasteiger partial charge in [-0.05, 0) is 48.7 Å². The molecule has 0 saturated carbocycles. The van der Waals surface area contributed by atoms with E-state index >= 15 is 0 Å². The van der Waals surface area contributed by atoms with Crippen molar-refractivity contribution >= 4 is 28.2 Å². The highest BCUT2D eigenvalue weighted by atomic mass is 16.6. The van der Waals surface area contributed by atoms with Gasteiger partial charge in [0, 0.05) is 44.1 Å². The van der Waals surface area contributed by atoms with Crippen molar-refractivity contribution in [2.75, 3.05) is 18.0 Å². The Kier molecular flexibility index (Phi) is 5.33. The first kappa shape index (κ1) is 18.8. The van der Waals surface area contributed by atoms with Gasteiger partial charge < -0.3 is 10.2 Å². The van der Waals surface area contributed by atoms with Crippen molar-refractivity contribution in [1.29, 1.82) is 0 Å². The van der Waals surface area contributed by atoms with Gasteiger partial charge in [-0.2, -0.15) is 0 Å². The SMILES string of the molecule is O=C(NCc1cccnc1)C1CCN(c2ccc3ncccc3c2[N+](=O)[O-])CC1. The highest BCUT2D eigenvalue weighted by Gasteiger charge is 2.29. The van der Waals surface area contributed by atoms with Crippen LogP contribution in [0.2, 0.25) is 0 Å². The summed E-state index contributed by atoms with van der Waals surface area (Å²) in [5, 5.41) is 15.2. The Morgan fingerprint density at radius 1 is 1.17 bits per heavy atom. The lowest BCUT2D eigenvalue weighted by atomic mass is 9.95. The maximum Gasteiger partial charge on any atom is 0.301 e. The Morgan fingerprint density at radius 2 is 1.97 bits per heavy atom. The van der Waals surface area contributed by atoms with Crippen LogP contribution in [0.1, 0.15) is 18.4 Å². The number of piperidine rings is 1. The number of carbonyl (C=O) groups is 1. The molecular formula is C21H21N5O3. The van der Waals surface area contributed by atoms with Crippen LogP contribution >= 0.6 is 0 Å². The van der Waals surface area contributed by atoms with E-state index in [4.69, 9.17) is 0 Å². The number of aromatic nitrogens is 2. The van der Waals surface area contributed by atoms with Gasteiger partial charge in [-0.1, -0.05) is 6.07 Å². The minimum atomic E-state index is -0.341. The molecule has 1 N–H and O–H groups in total. The quantitative estimate of drug-likeness (QED) is 0.530. The van der Waals surface area contributed by atoms with E-state index in [0.717, 1.165) is 5.56 Å². The molecule has 148 valence electrons. The zero-order valence-electron chi connectivity index (χ0n) is 15.8. The summed E-state index contributed by atoms with van der Waals surface area (Å²) in [5.74, 6) is -0.0742. The maximum absolute atomic E-state index is 12.5. The van der Waals surface area contributed by atoms with E-state index in [9.17, 15) is 14.9 Å². The first-order valence-corrected chi connectivity index (χ1v) is 9.57. The zero-order valence-corrected chi connectivity index (χ0v) is 15.8. The van der Waals surface area contributed by atoms with Gasteiger partial charge in [0.05, 0.1) is 15.8 Å². The Labute approximate surface area is 167 Å². The number of nitrogens with zero attached hydrogens (tertiary/aromatic N) is 4. The Balaban J connectivity index is 1.44. The average molecular weight is 391 g/mol. The summed E-state index contributed by atoms with van der Waals surface area (Å²) in [5.41, 5.74) is 2.23. The van der Waals surface area contributed by atoms with E-state index in [2.05, 4.69) is 15.3 Å². The van der Waals surface area contributed by atoms with Gasteiger partial charge in [-0.15, -0.1) is 0 Å². The summed E-state index contributed by atoms with van der Waals surface area (Å²) in [7, 11) is 0. The lowest BCUT2D eigenvalue weighted by Gasteiger charge is -2.32. The van der Waals surface area contributed by atoms with Crippen molar-refractivity contribution in [3.8, 4) is 0 Å². The molecule has 4 rings (SSSR count). The Morgan fingerprint density at radius 3 is 2.69 bits per heavy atom. The predicted octanol–water partition coefficient (Wildman–Crippen LogP) is 3.07. The molecule has 2 aromatic heterocycles. The molecule has 1 aliphatic rings. The molecule has 1 saturated heterocycles. The molecule has 0 bridgehead atoms. The van der Waals surface area contributed by atoms with Crippen molar-refractivity contribution in [2.24, 2.45) is 5.92 Å². The third-order valence-corrected chi connectivity index (χ3v) is 5.31. The number of nitrogens with one attached hydrogen (secondary N) is 1. The fourth-order valence-electron chi connectivity index (χ4n) is 3.79. The first-order chi connectivity index (χ1) is 14.1. The molecule has 1 aliphatic heterocycles. The fourth-order valence-corrected chi connectivity index (χ4v) is 3.79. The highest BCUT2D eigenvalue weighted by Crippen LogP contribution is 2.36. The van der Waals surface area contributed by atoms with Gasteiger partial charge in [0.2, 0.25) is 5.91 Å². The predicted molar refractivity (Wildman–Crippen MR) is 109 cm³/mol. The van der Waals surface area contributed by atoms with Crippen LogP contribution in [0.3, 0.4) is 0 Å². The summed E-state index contributed by atoms with van der Waals surface area (Å²) >= 11 is 0. The molecule has 3 aromatic rings. The van der Waals surface area contributed by atoms with Crippen molar-refractivity contribution in [3.05, 3.63) is 70.7 Å². The molecule has 0 aliphatic carbocycles. The Hall–Kier alpha value is -3.55. The van der Waals surface area contributed by atoms with E-state index in [1.54, 1.807) is 36.8 Å². The molecule has 1 amide bonds.